The number of aliphatic hydroxyl groups is 1. The number of aromatic nitrogens is 6. The average molecular weight is 535 g/mol. The van der Waals surface area contributed by atoms with Gasteiger partial charge in [0.25, 0.3) is 5.91 Å². The summed E-state index contributed by atoms with van der Waals surface area (Å²) >= 11 is 6.07. The summed E-state index contributed by atoms with van der Waals surface area (Å²) < 4.78 is 3.57. The smallest absolute Gasteiger partial charge is 0.255 e. The minimum absolute atomic E-state index is 0.0554. The molecule has 0 spiro atoms. The summed E-state index contributed by atoms with van der Waals surface area (Å²) in [5, 5.41) is 26.3. The molecule has 11 heteroatoms. The van der Waals surface area contributed by atoms with Crippen LogP contribution < -0.4 is 10.6 Å². The van der Waals surface area contributed by atoms with Crippen LogP contribution in [0.4, 0.5) is 11.4 Å². The minimum atomic E-state index is -0.699. The predicted octanol–water partition coefficient (Wildman–Crippen LogP) is 4.78. The normalized spacial score (nSPS) is 20.0. The summed E-state index contributed by atoms with van der Waals surface area (Å²) in [5.74, 6) is 0.0591. The zero-order chi connectivity index (χ0) is 26.4. The highest BCUT2D eigenvalue weighted by molar-refractivity contribution is 6.30. The van der Waals surface area contributed by atoms with E-state index in [9.17, 15) is 9.90 Å². The highest BCUT2D eigenvalue weighted by Gasteiger charge is 2.32. The summed E-state index contributed by atoms with van der Waals surface area (Å²) in [5.41, 5.74) is 3.17. The van der Waals surface area contributed by atoms with Gasteiger partial charge in [-0.15, -0.1) is 0 Å². The number of hydrogen-bond acceptors (Lipinski definition) is 7. The Bertz CT molecular complexity index is 1480. The second kappa shape index (κ2) is 9.67. The van der Waals surface area contributed by atoms with Crippen molar-refractivity contribution in [3.63, 3.8) is 0 Å². The number of pyridine rings is 1. The molecule has 4 heterocycles. The van der Waals surface area contributed by atoms with Crippen LogP contribution in [0.5, 0.6) is 0 Å². The van der Waals surface area contributed by atoms with Crippen LogP contribution in [0.1, 0.15) is 68.8 Å². The van der Waals surface area contributed by atoms with Gasteiger partial charge in [-0.2, -0.15) is 10.2 Å². The van der Waals surface area contributed by atoms with Crippen LogP contribution in [0.3, 0.4) is 0 Å². The van der Waals surface area contributed by atoms with Gasteiger partial charge < -0.3 is 15.7 Å². The van der Waals surface area contributed by atoms with Gasteiger partial charge in [-0.25, -0.2) is 9.50 Å². The van der Waals surface area contributed by atoms with Gasteiger partial charge in [0.1, 0.15) is 0 Å². The van der Waals surface area contributed by atoms with Crippen LogP contribution in [0.25, 0.3) is 16.9 Å². The summed E-state index contributed by atoms with van der Waals surface area (Å²) in [6, 6.07) is 2.36. The van der Waals surface area contributed by atoms with Crippen molar-refractivity contribution < 1.29 is 9.90 Å². The van der Waals surface area contributed by atoms with Crippen molar-refractivity contribution in [3.8, 4) is 11.3 Å². The fourth-order valence-electron chi connectivity index (χ4n) is 5.22. The van der Waals surface area contributed by atoms with Crippen molar-refractivity contribution in [1.29, 1.82) is 0 Å². The van der Waals surface area contributed by atoms with Crippen LogP contribution >= 0.6 is 11.6 Å². The zero-order valence-corrected chi connectivity index (χ0v) is 22.2. The molecule has 4 aromatic rings. The van der Waals surface area contributed by atoms with Gasteiger partial charge in [-0.3, -0.25) is 14.5 Å². The van der Waals surface area contributed by atoms with Crippen molar-refractivity contribution in [3.05, 3.63) is 53.8 Å². The van der Waals surface area contributed by atoms with Crippen molar-refractivity contribution >= 4 is 34.5 Å². The predicted molar refractivity (Wildman–Crippen MR) is 145 cm³/mol. The molecule has 3 N–H and O–H groups in total. The number of nitrogens with one attached hydrogen (secondary N) is 2. The number of anilines is 2. The lowest BCUT2D eigenvalue weighted by Crippen LogP contribution is -2.41. The lowest BCUT2D eigenvalue weighted by Gasteiger charge is -2.36. The first-order valence-corrected chi connectivity index (χ1v) is 13.5. The van der Waals surface area contributed by atoms with E-state index < -0.39 is 5.60 Å². The first-order chi connectivity index (χ1) is 18.2. The Morgan fingerprint density at radius 3 is 2.55 bits per heavy atom. The third-order valence-corrected chi connectivity index (χ3v) is 7.81. The molecule has 10 nitrogen and oxygen atoms in total. The Hall–Kier alpha value is -3.50. The topological polar surface area (TPSA) is 122 Å². The molecule has 0 atom stereocenters. The molecular formula is C27H31ClN8O2. The van der Waals surface area contributed by atoms with Crippen LogP contribution in [-0.2, 0) is 0 Å². The average Bonchev–Trinajstić information content (AvgIpc) is 3.49. The Labute approximate surface area is 225 Å². The van der Waals surface area contributed by atoms with Crippen molar-refractivity contribution in [1.82, 2.24) is 34.7 Å². The number of carbonyl (C=O) groups excluding carboxylic acids is 1. The highest BCUT2D eigenvalue weighted by atomic mass is 35.5. The number of amides is 1. The second-order valence-electron chi connectivity index (χ2n) is 11.0. The van der Waals surface area contributed by atoms with Gasteiger partial charge in [0.05, 0.1) is 63.5 Å². The molecule has 2 saturated carbocycles. The molecular weight excluding hydrogens is 504 g/mol. The van der Waals surface area contributed by atoms with Crippen molar-refractivity contribution in [2.45, 2.75) is 70.1 Å². The fraction of sp³-hybridized carbons (Fsp3) is 0.444. The van der Waals surface area contributed by atoms with Gasteiger partial charge in [0, 0.05) is 24.6 Å². The molecule has 2 aliphatic carbocycles. The van der Waals surface area contributed by atoms with Crippen molar-refractivity contribution in [2.24, 2.45) is 5.92 Å². The molecule has 4 aromatic heterocycles. The molecule has 0 unspecified atom stereocenters. The maximum Gasteiger partial charge on any atom is 0.255 e. The molecule has 2 aliphatic rings. The van der Waals surface area contributed by atoms with Crippen LogP contribution in [0, 0.1) is 5.92 Å². The number of carbonyl (C=O) groups is 1. The standard InChI is InChI=1S/C27H31ClN8O2/c1-27(2,38)16-3-5-18(6-4-16)34-26(37)22-12-29-23(21-13-32-36-14-17(28)10-30-25(21)36)9-24(22)33-19-11-31-35(15-19)20-7-8-20/h9-16,18,20,38H,3-8H2,1-2H3,(H,29,33)(H,34,37)/t16-,18-. The van der Waals surface area contributed by atoms with Gasteiger partial charge in [0.15, 0.2) is 5.65 Å². The van der Waals surface area contributed by atoms with E-state index in [4.69, 9.17) is 11.6 Å². The SMILES string of the molecule is CC(C)(O)[C@H]1CC[C@H](NC(=O)c2cnc(-c3cnn4cc(Cl)cnc34)cc2Nc2cnn(C3CC3)c2)CC1. The fourth-order valence-corrected chi connectivity index (χ4v) is 5.37. The van der Waals surface area contributed by atoms with Gasteiger partial charge >= 0.3 is 0 Å². The Morgan fingerprint density at radius 2 is 1.82 bits per heavy atom. The van der Waals surface area contributed by atoms with Crippen LogP contribution in [0.2, 0.25) is 5.02 Å². The molecule has 1 amide bonds. The summed E-state index contributed by atoms with van der Waals surface area (Å²) in [6.07, 6.45) is 16.0. The molecule has 0 radical (unpaired) electrons. The number of fused-ring (bicyclic) bond motifs is 1. The second-order valence-corrected chi connectivity index (χ2v) is 11.4. The van der Waals surface area contributed by atoms with Gasteiger partial charge in [-0.05, 0) is 64.4 Å². The molecule has 0 aromatic carbocycles. The Morgan fingerprint density at radius 1 is 1.03 bits per heavy atom. The van der Waals surface area contributed by atoms with Gasteiger partial charge in [0.2, 0.25) is 0 Å². The summed E-state index contributed by atoms with van der Waals surface area (Å²) in [4.78, 5) is 22.5. The van der Waals surface area contributed by atoms with Crippen molar-refractivity contribution in [2.75, 3.05) is 5.32 Å². The minimum Gasteiger partial charge on any atom is -0.390 e. The molecule has 2 fully saturated rings. The molecule has 0 saturated heterocycles. The van der Waals surface area contributed by atoms with Crippen LogP contribution in [-0.4, -0.2) is 52.0 Å². The molecule has 0 bridgehead atoms. The first-order valence-electron chi connectivity index (χ1n) is 13.1. The Balaban J connectivity index is 1.28. The zero-order valence-electron chi connectivity index (χ0n) is 21.4. The van der Waals surface area contributed by atoms with E-state index in [1.54, 1.807) is 35.5 Å². The van der Waals surface area contributed by atoms with E-state index in [0.29, 0.717) is 33.7 Å². The maximum atomic E-state index is 13.5. The maximum absolute atomic E-state index is 13.5. The van der Waals surface area contributed by atoms with Gasteiger partial charge in [-0.1, -0.05) is 11.6 Å². The van der Waals surface area contributed by atoms with E-state index in [1.165, 1.54) is 0 Å². The largest absolute Gasteiger partial charge is 0.390 e. The number of halogens is 1. The van der Waals surface area contributed by atoms with E-state index in [0.717, 1.165) is 49.8 Å². The van der Waals surface area contributed by atoms with Crippen LogP contribution in [0.15, 0.2) is 43.2 Å². The lowest BCUT2D eigenvalue weighted by molar-refractivity contribution is -0.00257. The number of rotatable bonds is 7. The molecule has 0 aliphatic heterocycles. The van der Waals surface area contributed by atoms with E-state index in [-0.39, 0.29) is 17.9 Å². The van der Waals surface area contributed by atoms with E-state index >= 15 is 0 Å². The third-order valence-electron chi connectivity index (χ3n) is 7.61. The third kappa shape index (κ3) is 5.10. The monoisotopic (exact) mass is 534 g/mol. The summed E-state index contributed by atoms with van der Waals surface area (Å²) in [7, 11) is 0. The first kappa shape index (κ1) is 24.8. The number of hydrogen-bond donors (Lipinski definition) is 3. The summed E-state index contributed by atoms with van der Waals surface area (Å²) in [6.45, 7) is 3.72. The Kier molecular flexibility index (Phi) is 6.31. The quantitative estimate of drug-likeness (QED) is 0.312. The highest BCUT2D eigenvalue weighted by Crippen LogP contribution is 2.36. The molecule has 38 heavy (non-hydrogen) atoms. The lowest BCUT2D eigenvalue weighted by atomic mass is 9.77. The number of nitrogens with zero attached hydrogens (tertiary/aromatic N) is 6. The van der Waals surface area contributed by atoms with E-state index in [2.05, 4.69) is 30.8 Å². The molecule has 6 rings (SSSR count). The van der Waals surface area contributed by atoms with E-state index in [1.807, 2.05) is 30.8 Å². The molecule has 198 valence electrons.